The molecule has 2 aromatic carbocycles. The predicted molar refractivity (Wildman–Crippen MR) is 115 cm³/mol. The number of nitrogens with one attached hydrogen (secondary N) is 2. The normalized spacial score (nSPS) is 13.9. The number of aliphatic imine (C=N–C) groups is 1. The minimum Gasteiger partial charge on any atom is -0.496 e. The highest BCUT2D eigenvalue weighted by molar-refractivity contribution is 6.11. The van der Waals surface area contributed by atoms with Gasteiger partial charge in [-0.2, -0.15) is 5.10 Å². The van der Waals surface area contributed by atoms with Gasteiger partial charge in [-0.1, -0.05) is 25.3 Å². The van der Waals surface area contributed by atoms with Crippen LogP contribution in [0.25, 0.3) is 16.6 Å². The van der Waals surface area contributed by atoms with E-state index in [0.717, 1.165) is 27.9 Å². The Morgan fingerprint density at radius 3 is 2.90 bits per heavy atom. The summed E-state index contributed by atoms with van der Waals surface area (Å²) in [6.07, 6.45) is 5.34. The Morgan fingerprint density at radius 2 is 2.14 bits per heavy atom. The Morgan fingerprint density at radius 1 is 1.28 bits per heavy atom. The Hall–Kier alpha value is -3.84. The van der Waals surface area contributed by atoms with Crippen molar-refractivity contribution in [2.75, 3.05) is 12.4 Å². The summed E-state index contributed by atoms with van der Waals surface area (Å²) in [5.41, 5.74) is 4.74. The maximum Gasteiger partial charge on any atom is 0.154 e. The first kappa shape index (κ1) is 18.5. The van der Waals surface area contributed by atoms with Gasteiger partial charge in [-0.25, -0.2) is 4.99 Å². The third-order valence-corrected chi connectivity index (χ3v) is 4.73. The molecule has 1 aliphatic rings. The number of hydrogen-bond donors (Lipinski definition) is 3. The van der Waals surface area contributed by atoms with Gasteiger partial charge in [0.25, 0.3) is 0 Å². The number of rotatable bonds is 5. The van der Waals surface area contributed by atoms with Crippen molar-refractivity contribution in [1.29, 1.82) is 0 Å². The molecule has 0 fully saturated rings. The number of aromatic amines is 1. The molecule has 0 aliphatic carbocycles. The largest absolute Gasteiger partial charge is 0.496 e. The molecule has 3 aromatic rings. The van der Waals surface area contributed by atoms with Crippen molar-refractivity contribution in [3.63, 3.8) is 0 Å². The maximum absolute atomic E-state index is 9.58. The Labute approximate surface area is 168 Å². The zero-order chi connectivity index (χ0) is 20.4. The van der Waals surface area contributed by atoms with E-state index in [1.807, 2.05) is 41.4 Å². The van der Waals surface area contributed by atoms with Crippen LogP contribution in [0.1, 0.15) is 11.1 Å². The van der Waals surface area contributed by atoms with E-state index in [4.69, 9.17) is 9.73 Å². The highest BCUT2D eigenvalue weighted by atomic mass is 16.5. The summed E-state index contributed by atoms with van der Waals surface area (Å²) in [5.74, 6) is 1.21. The van der Waals surface area contributed by atoms with Crippen LogP contribution in [0.3, 0.4) is 0 Å². The van der Waals surface area contributed by atoms with E-state index in [1.54, 1.807) is 25.6 Å². The van der Waals surface area contributed by atoms with Crippen LogP contribution in [-0.2, 0) is 6.61 Å². The van der Waals surface area contributed by atoms with E-state index in [0.29, 0.717) is 22.8 Å². The van der Waals surface area contributed by atoms with Crippen molar-refractivity contribution in [3.8, 4) is 5.75 Å². The molecule has 29 heavy (non-hydrogen) atoms. The Kier molecular flexibility index (Phi) is 4.88. The summed E-state index contributed by atoms with van der Waals surface area (Å²) >= 11 is 0. The maximum atomic E-state index is 9.58. The number of aliphatic hydroxyl groups is 1. The lowest BCUT2D eigenvalue weighted by atomic mass is 10.1. The zero-order valence-electron chi connectivity index (χ0n) is 16.0. The average molecular weight is 387 g/mol. The average Bonchev–Trinajstić information content (AvgIpc) is 3.23. The minimum absolute atomic E-state index is 0.125. The number of fused-ring (bicyclic) bond motifs is 1. The smallest absolute Gasteiger partial charge is 0.154 e. The Bertz CT molecular complexity index is 1160. The second-order valence-electron chi connectivity index (χ2n) is 6.49. The van der Waals surface area contributed by atoms with E-state index < -0.39 is 0 Å². The van der Waals surface area contributed by atoms with E-state index in [9.17, 15) is 5.11 Å². The number of anilines is 1. The van der Waals surface area contributed by atoms with Crippen LogP contribution < -0.4 is 10.1 Å². The second kappa shape index (κ2) is 7.65. The lowest BCUT2D eigenvalue weighted by Gasteiger charge is -2.26. The highest BCUT2D eigenvalue weighted by Gasteiger charge is 2.19. The molecule has 0 spiro atoms. The van der Waals surface area contributed by atoms with E-state index in [2.05, 4.69) is 28.7 Å². The zero-order valence-corrected chi connectivity index (χ0v) is 16.0. The molecule has 7 heteroatoms. The SMILES string of the molecule is C=CN1C=C(c2ccc3cn[nH]c3c2)N=C(Nc2ccc(OC)c(CO)c2)C1=C. The van der Waals surface area contributed by atoms with Crippen molar-refractivity contribution in [2.45, 2.75) is 6.61 Å². The number of ether oxygens (including phenoxy) is 1. The molecule has 0 amide bonds. The minimum atomic E-state index is -0.125. The van der Waals surface area contributed by atoms with Gasteiger partial charge in [-0.05, 0) is 24.3 Å². The molecule has 0 bridgehead atoms. The van der Waals surface area contributed by atoms with Gasteiger partial charge in [0.05, 0.1) is 36.8 Å². The fourth-order valence-corrected chi connectivity index (χ4v) is 3.16. The van der Waals surface area contributed by atoms with Gasteiger partial charge in [0.2, 0.25) is 0 Å². The van der Waals surface area contributed by atoms with E-state index in [1.165, 1.54) is 0 Å². The van der Waals surface area contributed by atoms with E-state index >= 15 is 0 Å². The van der Waals surface area contributed by atoms with Crippen LogP contribution >= 0.6 is 0 Å². The number of aromatic nitrogens is 2. The highest BCUT2D eigenvalue weighted by Crippen LogP contribution is 2.28. The first-order chi connectivity index (χ1) is 14.1. The molecule has 146 valence electrons. The molecule has 0 saturated heterocycles. The van der Waals surface area contributed by atoms with Gasteiger partial charge < -0.3 is 20.1 Å². The fraction of sp³-hybridized carbons (Fsp3) is 0.0909. The number of amidine groups is 1. The summed E-state index contributed by atoms with van der Waals surface area (Å²) in [6.45, 7) is 7.86. The molecule has 3 N–H and O–H groups in total. The molecule has 4 rings (SSSR count). The first-order valence-corrected chi connectivity index (χ1v) is 9.02. The van der Waals surface area contributed by atoms with Gasteiger partial charge in [0, 0.05) is 34.6 Å². The molecule has 0 saturated carbocycles. The lowest BCUT2D eigenvalue weighted by molar-refractivity contribution is 0.274. The summed E-state index contributed by atoms with van der Waals surface area (Å²) in [7, 11) is 1.57. The first-order valence-electron chi connectivity index (χ1n) is 9.02. The number of hydrogen-bond acceptors (Lipinski definition) is 6. The van der Waals surface area contributed by atoms with Crippen LogP contribution in [0.15, 0.2) is 78.8 Å². The van der Waals surface area contributed by atoms with Crippen LogP contribution in [0.5, 0.6) is 5.75 Å². The van der Waals surface area contributed by atoms with Gasteiger partial charge in [0.1, 0.15) is 5.75 Å². The standard InChI is InChI=1S/C22H21N5O2/c1-4-27-12-20(15-5-6-16-11-23-26-19(16)10-15)25-22(14(27)2)24-18-7-8-21(29-3)17(9-18)13-28/h4-12,28H,1-2,13H2,3H3,(H,23,26)(H,24,25). The van der Waals surface area contributed by atoms with Crippen molar-refractivity contribution < 1.29 is 9.84 Å². The number of H-pyrrole nitrogens is 1. The molecular formula is C22H21N5O2. The third-order valence-electron chi connectivity index (χ3n) is 4.73. The van der Waals surface area contributed by atoms with Crippen molar-refractivity contribution in [2.24, 2.45) is 4.99 Å². The summed E-state index contributed by atoms with van der Waals surface area (Å²) in [4.78, 5) is 6.58. The van der Waals surface area contributed by atoms with Crippen LogP contribution in [0.2, 0.25) is 0 Å². The van der Waals surface area contributed by atoms with Crippen LogP contribution in [0, 0.1) is 0 Å². The topological polar surface area (TPSA) is 85.8 Å². The summed E-state index contributed by atoms with van der Waals surface area (Å²) < 4.78 is 5.27. The van der Waals surface area contributed by atoms with Crippen molar-refractivity contribution >= 4 is 28.1 Å². The monoisotopic (exact) mass is 387 g/mol. The molecule has 1 aromatic heterocycles. The summed E-state index contributed by atoms with van der Waals surface area (Å²) in [6, 6.07) is 11.5. The molecular weight excluding hydrogens is 366 g/mol. The van der Waals surface area contributed by atoms with Crippen molar-refractivity contribution in [3.05, 3.63) is 85.0 Å². The third kappa shape index (κ3) is 3.51. The molecule has 0 radical (unpaired) electrons. The number of aliphatic hydroxyl groups excluding tert-OH is 1. The van der Waals surface area contributed by atoms with Crippen molar-refractivity contribution in [1.82, 2.24) is 15.1 Å². The molecule has 7 nitrogen and oxygen atoms in total. The molecule has 1 aliphatic heterocycles. The fourth-order valence-electron chi connectivity index (χ4n) is 3.16. The van der Waals surface area contributed by atoms with Crippen LogP contribution in [-0.4, -0.2) is 33.1 Å². The molecule has 0 unspecified atom stereocenters. The molecule has 0 atom stereocenters. The van der Waals surface area contributed by atoms with E-state index in [-0.39, 0.29) is 6.61 Å². The van der Waals surface area contributed by atoms with Gasteiger partial charge >= 0.3 is 0 Å². The number of methoxy groups -OCH3 is 1. The lowest BCUT2D eigenvalue weighted by Crippen LogP contribution is -2.26. The molecule has 2 heterocycles. The van der Waals surface area contributed by atoms with Gasteiger partial charge in [-0.15, -0.1) is 0 Å². The predicted octanol–water partition coefficient (Wildman–Crippen LogP) is 3.85. The number of nitrogens with zero attached hydrogens (tertiary/aromatic N) is 3. The Balaban J connectivity index is 1.70. The number of benzene rings is 2. The van der Waals surface area contributed by atoms with Gasteiger partial charge in [0.15, 0.2) is 5.84 Å². The van der Waals surface area contributed by atoms with Gasteiger partial charge in [-0.3, -0.25) is 5.10 Å². The summed E-state index contributed by atoms with van der Waals surface area (Å²) in [5, 5.41) is 20.9. The van der Waals surface area contributed by atoms with Crippen LogP contribution in [0.4, 0.5) is 5.69 Å². The quantitative estimate of drug-likeness (QED) is 0.619. The second-order valence-corrected chi connectivity index (χ2v) is 6.49.